The standard InChI is InChI=1S/C18H28N2O3/c1-22-17-8-6-16(7-9-17)4-2-3-5-18(21)19-10-11-20-12-14-23-15-13-20/h6-9H,2-5,10-15H2,1H3,(H,19,21). The number of hydrogen-bond donors (Lipinski definition) is 1. The fourth-order valence-electron chi connectivity index (χ4n) is 2.67. The summed E-state index contributed by atoms with van der Waals surface area (Å²) in [5.41, 5.74) is 1.29. The molecule has 1 aliphatic heterocycles. The number of methoxy groups -OCH3 is 1. The first-order valence-electron chi connectivity index (χ1n) is 8.47. The molecule has 5 nitrogen and oxygen atoms in total. The van der Waals surface area contributed by atoms with Crippen molar-refractivity contribution >= 4 is 5.91 Å². The molecule has 1 aliphatic rings. The predicted molar refractivity (Wildman–Crippen MR) is 90.8 cm³/mol. The first-order valence-corrected chi connectivity index (χ1v) is 8.47. The molecule has 0 radical (unpaired) electrons. The third-order valence-corrected chi connectivity index (χ3v) is 4.13. The van der Waals surface area contributed by atoms with Crippen molar-refractivity contribution in [1.29, 1.82) is 0 Å². The Morgan fingerprint density at radius 1 is 1.22 bits per heavy atom. The molecule has 0 saturated carbocycles. The normalized spacial score (nSPS) is 15.3. The van der Waals surface area contributed by atoms with E-state index in [4.69, 9.17) is 9.47 Å². The van der Waals surface area contributed by atoms with Gasteiger partial charge in [-0.15, -0.1) is 0 Å². The third kappa shape index (κ3) is 7.01. The van der Waals surface area contributed by atoms with Crippen LogP contribution in [0.3, 0.4) is 0 Å². The molecule has 0 atom stereocenters. The summed E-state index contributed by atoms with van der Waals surface area (Å²) >= 11 is 0. The predicted octanol–water partition coefficient (Wildman–Crippen LogP) is 1.86. The fourth-order valence-corrected chi connectivity index (χ4v) is 2.67. The lowest BCUT2D eigenvalue weighted by atomic mass is 10.1. The highest BCUT2D eigenvalue weighted by Gasteiger charge is 2.10. The van der Waals surface area contributed by atoms with Crippen LogP contribution in [0.1, 0.15) is 24.8 Å². The van der Waals surface area contributed by atoms with Gasteiger partial charge in [0.1, 0.15) is 5.75 Å². The number of ether oxygens (including phenoxy) is 2. The number of morpholine rings is 1. The van der Waals surface area contributed by atoms with Gasteiger partial charge in [0, 0.05) is 32.6 Å². The van der Waals surface area contributed by atoms with Gasteiger partial charge in [-0.05, 0) is 37.0 Å². The lowest BCUT2D eigenvalue weighted by Gasteiger charge is -2.26. The summed E-state index contributed by atoms with van der Waals surface area (Å²) in [6.45, 7) is 5.20. The third-order valence-electron chi connectivity index (χ3n) is 4.13. The molecule has 1 saturated heterocycles. The highest BCUT2D eigenvalue weighted by atomic mass is 16.5. The van der Waals surface area contributed by atoms with Gasteiger partial charge in [0.05, 0.1) is 20.3 Å². The van der Waals surface area contributed by atoms with Crippen LogP contribution in [0.15, 0.2) is 24.3 Å². The van der Waals surface area contributed by atoms with Crippen LogP contribution < -0.4 is 10.1 Å². The Bertz CT molecular complexity index is 456. The molecule has 1 fully saturated rings. The maximum Gasteiger partial charge on any atom is 0.220 e. The van der Waals surface area contributed by atoms with Gasteiger partial charge in [0.25, 0.3) is 0 Å². The van der Waals surface area contributed by atoms with Crippen molar-refractivity contribution in [3.05, 3.63) is 29.8 Å². The molecular formula is C18H28N2O3. The van der Waals surface area contributed by atoms with E-state index in [0.29, 0.717) is 6.42 Å². The average molecular weight is 320 g/mol. The van der Waals surface area contributed by atoms with E-state index in [0.717, 1.165) is 64.4 Å². The summed E-state index contributed by atoms with van der Waals surface area (Å²) < 4.78 is 10.5. The second-order valence-corrected chi connectivity index (χ2v) is 5.86. The van der Waals surface area contributed by atoms with E-state index >= 15 is 0 Å². The lowest BCUT2D eigenvalue weighted by molar-refractivity contribution is -0.121. The average Bonchev–Trinajstić information content (AvgIpc) is 2.60. The monoisotopic (exact) mass is 320 g/mol. The maximum atomic E-state index is 11.8. The summed E-state index contributed by atoms with van der Waals surface area (Å²) in [6, 6.07) is 8.13. The molecule has 128 valence electrons. The number of hydrogen-bond acceptors (Lipinski definition) is 4. The molecule has 23 heavy (non-hydrogen) atoms. The van der Waals surface area contributed by atoms with E-state index in [1.54, 1.807) is 7.11 Å². The topological polar surface area (TPSA) is 50.8 Å². The minimum absolute atomic E-state index is 0.160. The first kappa shape index (κ1) is 17.8. The van der Waals surface area contributed by atoms with E-state index in [9.17, 15) is 4.79 Å². The van der Waals surface area contributed by atoms with Crippen LogP contribution in [-0.4, -0.2) is 57.3 Å². The Hall–Kier alpha value is -1.59. The number of unbranched alkanes of at least 4 members (excludes halogenated alkanes) is 1. The zero-order valence-corrected chi connectivity index (χ0v) is 14.1. The van der Waals surface area contributed by atoms with Crippen LogP contribution in [-0.2, 0) is 16.0 Å². The van der Waals surface area contributed by atoms with Crippen molar-refractivity contribution in [1.82, 2.24) is 10.2 Å². The highest BCUT2D eigenvalue weighted by molar-refractivity contribution is 5.75. The van der Waals surface area contributed by atoms with Crippen molar-refractivity contribution in [3.63, 3.8) is 0 Å². The molecule has 1 amide bonds. The number of amides is 1. The molecule has 0 unspecified atom stereocenters. The fraction of sp³-hybridized carbons (Fsp3) is 0.611. The highest BCUT2D eigenvalue weighted by Crippen LogP contribution is 2.13. The van der Waals surface area contributed by atoms with Gasteiger partial charge in [-0.3, -0.25) is 9.69 Å². The van der Waals surface area contributed by atoms with Gasteiger partial charge in [-0.2, -0.15) is 0 Å². The van der Waals surface area contributed by atoms with Crippen LogP contribution in [0, 0.1) is 0 Å². The van der Waals surface area contributed by atoms with Crippen molar-refractivity contribution in [2.45, 2.75) is 25.7 Å². The number of benzene rings is 1. The molecule has 0 spiro atoms. The molecule has 1 N–H and O–H groups in total. The minimum Gasteiger partial charge on any atom is -0.497 e. The van der Waals surface area contributed by atoms with E-state index in [2.05, 4.69) is 22.3 Å². The van der Waals surface area contributed by atoms with Crippen LogP contribution in [0.2, 0.25) is 0 Å². The number of carbonyl (C=O) groups excluding carboxylic acids is 1. The molecule has 1 aromatic rings. The summed E-state index contributed by atoms with van der Waals surface area (Å²) in [6.07, 6.45) is 3.57. The minimum atomic E-state index is 0.160. The Labute approximate surface area is 139 Å². The van der Waals surface area contributed by atoms with Crippen molar-refractivity contribution < 1.29 is 14.3 Å². The second kappa shape index (κ2) is 10.2. The smallest absolute Gasteiger partial charge is 0.220 e. The molecule has 1 aromatic carbocycles. The number of nitrogens with one attached hydrogen (secondary N) is 1. The van der Waals surface area contributed by atoms with Crippen LogP contribution >= 0.6 is 0 Å². The maximum absolute atomic E-state index is 11.8. The lowest BCUT2D eigenvalue weighted by Crippen LogP contribution is -2.41. The summed E-state index contributed by atoms with van der Waals surface area (Å²) in [5, 5.41) is 3.01. The number of rotatable bonds is 9. The zero-order valence-electron chi connectivity index (χ0n) is 14.1. The van der Waals surface area contributed by atoms with Crippen LogP contribution in [0.25, 0.3) is 0 Å². The quantitative estimate of drug-likeness (QED) is 0.706. The van der Waals surface area contributed by atoms with Crippen molar-refractivity contribution in [2.24, 2.45) is 0 Å². The summed E-state index contributed by atoms with van der Waals surface area (Å²) in [5.74, 6) is 1.04. The number of nitrogens with zero attached hydrogens (tertiary/aromatic N) is 1. The molecule has 1 heterocycles. The second-order valence-electron chi connectivity index (χ2n) is 5.86. The van der Waals surface area contributed by atoms with E-state index in [-0.39, 0.29) is 5.91 Å². The van der Waals surface area contributed by atoms with E-state index in [1.807, 2.05) is 12.1 Å². The van der Waals surface area contributed by atoms with Crippen molar-refractivity contribution in [2.75, 3.05) is 46.5 Å². The largest absolute Gasteiger partial charge is 0.497 e. The molecule has 5 heteroatoms. The molecule has 0 aliphatic carbocycles. The first-order chi connectivity index (χ1) is 11.3. The summed E-state index contributed by atoms with van der Waals surface area (Å²) in [4.78, 5) is 14.1. The Morgan fingerprint density at radius 2 is 1.96 bits per heavy atom. The molecule has 0 aromatic heterocycles. The number of aryl methyl sites for hydroxylation is 1. The molecule has 2 rings (SSSR count). The summed E-state index contributed by atoms with van der Waals surface area (Å²) in [7, 11) is 1.67. The SMILES string of the molecule is COc1ccc(CCCCC(=O)NCCN2CCOCC2)cc1. The van der Waals surface area contributed by atoms with Gasteiger partial charge in [-0.25, -0.2) is 0 Å². The van der Waals surface area contributed by atoms with E-state index < -0.39 is 0 Å². The van der Waals surface area contributed by atoms with Gasteiger partial charge < -0.3 is 14.8 Å². The molecule has 0 bridgehead atoms. The zero-order chi connectivity index (χ0) is 16.3. The van der Waals surface area contributed by atoms with Crippen LogP contribution in [0.5, 0.6) is 5.75 Å². The molecular weight excluding hydrogens is 292 g/mol. The Balaban J connectivity index is 1.50. The Kier molecular flexibility index (Phi) is 7.90. The van der Waals surface area contributed by atoms with Crippen molar-refractivity contribution in [3.8, 4) is 5.75 Å². The number of carbonyl (C=O) groups is 1. The van der Waals surface area contributed by atoms with Gasteiger partial charge in [0.2, 0.25) is 5.91 Å². The van der Waals surface area contributed by atoms with Gasteiger partial charge in [-0.1, -0.05) is 12.1 Å². The van der Waals surface area contributed by atoms with Gasteiger partial charge >= 0.3 is 0 Å². The Morgan fingerprint density at radius 3 is 2.65 bits per heavy atom. The van der Waals surface area contributed by atoms with Crippen LogP contribution in [0.4, 0.5) is 0 Å². The van der Waals surface area contributed by atoms with E-state index in [1.165, 1.54) is 5.56 Å². The van der Waals surface area contributed by atoms with Gasteiger partial charge in [0.15, 0.2) is 0 Å².